The molecular weight excluding hydrogens is 306 g/mol. The molecule has 3 heterocycles. The second-order valence-corrected chi connectivity index (χ2v) is 6.69. The van der Waals surface area contributed by atoms with Crippen LogP contribution in [0, 0.1) is 6.92 Å². The number of aromatic nitrogens is 2. The van der Waals surface area contributed by atoms with Gasteiger partial charge in [0.2, 0.25) is 0 Å². The molecule has 0 aliphatic carbocycles. The SMILES string of the molecule is Cc1nc(NCC2CCCO2)c2c(-c3ccccc3)csc2n1. The molecule has 0 bridgehead atoms. The number of nitrogens with zero attached hydrogens (tertiary/aromatic N) is 2. The summed E-state index contributed by atoms with van der Waals surface area (Å²) in [5.74, 6) is 1.72. The molecule has 0 amide bonds. The molecular formula is C18H19N3OS. The van der Waals surface area contributed by atoms with Gasteiger partial charge in [0.25, 0.3) is 0 Å². The van der Waals surface area contributed by atoms with Gasteiger partial charge < -0.3 is 10.1 Å². The number of aryl methyl sites for hydroxylation is 1. The van der Waals surface area contributed by atoms with Crippen molar-refractivity contribution in [1.82, 2.24) is 9.97 Å². The highest BCUT2D eigenvalue weighted by Gasteiger charge is 2.18. The summed E-state index contributed by atoms with van der Waals surface area (Å²) in [6.07, 6.45) is 2.56. The van der Waals surface area contributed by atoms with Crippen molar-refractivity contribution in [3.63, 3.8) is 0 Å². The molecule has 1 aliphatic rings. The van der Waals surface area contributed by atoms with E-state index in [0.29, 0.717) is 6.10 Å². The van der Waals surface area contributed by atoms with E-state index in [4.69, 9.17) is 4.74 Å². The first-order valence-electron chi connectivity index (χ1n) is 7.98. The maximum atomic E-state index is 5.71. The van der Waals surface area contributed by atoms with Crippen molar-refractivity contribution < 1.29 is 4.74 Å². The fourth-order valence-corrected chi connectivity index (χ4v) is 4.02. The topological polar surface area (TPSA) is 47.0 Å². The molecule has 5 heteroatoms. The highest BCUT2D eigenvalue weighted by molar-refractivity contribution is 7.17. The summed E-state index contributed by atoms with van der Waals surface area (Å²) < 4.78 is 5.71. The van der Waals surface area contributed by atoms with E-state index in [1.807, 2.05) is 13.0 Å². The van der Waals surface area contributed by atoms with Crippen LogP contribution in [0.5, 0.6) is 0 Å². The van der Waals surface area contributed by atoms with Crippen LogP contribution in [0.2, 0.25) is 0 Å². The van der Waals surface area contributed by atoms with Gasteiger partial charge in [-0.3, -0.25) is 0 Å². The van der Waals surface area contributed by atoms with Crippen molar-refractivity contribution in [2.75, 3.05) is 18.5 Å². The maximum absolute atomic E-state index is 5.71. The molecule has 1 aliphatic heterocycles. The predicted octanol–water partition coefficient (Wildman–Crippen LogP) is 4.26. The Labute approximate surface area is 139 Å². The fourth-order valence-electron chi connectivity index (χ4n) is 3.02. The van der Waals surface area contributed by atoms with E-state index >= 15 is 0 Å². The van der Waals surface area contributed by atoms with Crippen LogP contribution in [0.25, 0.3) is 21.3 Å². The minimum Gasteiger partial charge on any atom is -0.376 e. The summed E-state index contributed by atoms with van der Waals surface area (Å²) >= 11 is 1.67. The maximum Gasteiger partial charge on any atom is 0.139 e. The number of hydrogen-bond donors (Lipinski definition) is 1. The number of thiophene rings is 1. The van der Waals surface area contributed by atoms with Crippen LogP contribution in [0.1, 0.15) is 18.7 Å². The molecule has 118 valence electrons. The fraction of sp³-hybridized carbons (Fsp3) is 0.333. The lowest BCUT2D eigenvalue weighted by Crippen LogP contribution is -2.19. The Hall–Kier alpha value is -1.98. The second kappa shape index (κ2) is 6.26. The lowest BCUT2D eigenvalue weighted by atomic mass is 10.1. The summed E-state index contributed by atoms with van der Waals surface area (Å²) in [7, 11) is 0. The first kappa shape index (κ1) is 14.6. The van der Waals surface area contributed by atoms with Crippen LogP contribution in [0.4, 0.5) is 5.82 Å². The molecule has 1 unspecified atom stereocenters. The Morgan fingerprint density at radius 2 is 2.13 bits per heavy atom. The predicted molar refractivity (Wildman–Crippen MR) is 95.1 cm³/mol. The summed E-state index contributed by atoms with van der Waals surface area (Å²) in [6, 6.07) is 10.4. The lowest BCUT2D eigenvalue weighted by molar-refractivity contribution is 0.120. The Balaban J connectivity index is 1.74. The number of fused-ring (bicyclic) bond motifs is 1. The van der Waals surface area contributed by atoms with Gasteiger partial charge in [0, 0.05) is 24.1 Å². The summed E-state index contributed by atoms with van der Waals surface area (Å²) in [4.78, 5) is 10.3. The Kier molecular flexibility index (Phi) is 3.97. The molecule has 4 nitrogen and oxygen atoms in total. The number of nitrogens with one attached hydrogen (secondary N) is 1. The van der Waals surface area contributed by atoms with E-state index in [-0.39, 0.29) is 0 Å². The number of hydrogen-bond acceptors (Lipinski definition) is 5. The molecule has 1 saturated heterocycles. The molecule has 1 aromatic carbocycles. The average Bonchev–Trinajstić information content (AvgIpc) is 3.23. The second-order valence-electron chi connectivity index (χ2n) is 5.83. The van der Waals surface area contributed by atoms with E-state index < -0.39 is 0 Å². The molecule has 0 spiro atoms. The monoisotopic (exact) mass is 325 g/mol. The summed E-state index contributed by atoms with van der Waals surface area (Å²) in [5, 5.41) is 6.78. The van der Waals surface area contributed by atoms with Gasteiger partial charge in [-0.25, -0.2) is 9.97 Å². The minimum atomic E-state index is 0.291. The molecule has 1 N–H and O–H groups in total. The van der Waals surface area contributed by atoms with Crippen molar-refractivity contribution >= 4 is 27.4 Å². The third kappa shape index (κ3) is 2.94. The zero-order valence-corrected chi connectivity index (χ0v) is 13.9. The van der Waals surface area contributed by atoms with Gasteiger partial charge in [0.05, 0.1) is 11.5 Å². The zero-order chi connectivity index (χ0) is 15.6. The quantitative estimate of drug-likeness (QED) is 0.778. The molecule has 2 aromatic heterocycles. The van der Waals surface area contributed by atoms with Gasteiger partial charge in [-0.15, -0.1) is 11.3 Å². The Morgan fingerprint density at radius 3 is 2.91 bits per heavy atom. The van der Waals surface area contributed by atoms with E-state index in [9.17, 15) is 0 Å². The molecule has 0 radical (unpaired) electrons. The average molecular weight is 325 g/mol. The van der Waals surface area contributed by atoms with Crippen LogP contribution < -0.4 is 5.32 Å². The summed E-state index contributed by atoms with van der Waals surface area (Å²) in [6.45, 7) is 3.62. The molecule has 4 rings (SSSR count). The van der Waals surface area contributed by atoms with Crippen molar-refractivity contribution in [1.29, 1.82) is 0 Å². The van der Waals surface area contributed by atoms with Crippen LogP contribution in [-0.4, -0.2) is 29.2 Å². The van der Waals surface area contributed by atoms with Gasteiger partial charge in [0.1, 0.15) is 16.5 Å². The van der Waals surface area contributed by atoms with Gasteiger partial charge in [-0.05, 0) is 25.3 Å². The smallest absolute Gasteiger partial charge is 0.139 e. The third-order valence-electron chi connectivity index (χ3n) is 4.15. The highest BCUT2D eigenvalue weighted by Crippen LogP contribution is 2.36. The highest BCUT2D eigenvalue weighted by atomic mass is 32.1. The van der Waals surface area contributed by atoms with E-state index in [1.165, 1.54) is 11.1 Å². The van der Waals surface area contributed by atoms with Crippen molar-refractivity contribution in [3.05, 3.63) is 41.5 Å². The van der Waals surface area contributed by atoms with Gasteiger partial charge in [0.15, 0.2) is 0 Å². The van der Waals surface area contributed by atoms with Crippen molar-refractivity contribution in [3.8, 4) is 11.1 Å². The number of benzene rings is 1. The number of anilines is 1. The third-order valence-corrected chi connectivity index (χ3v) is 5.02. The number of rotatable bonds is 4. The molecule has 1 fully saturated rings. The van der Waals surface area contributed by atoms with E-state index in [0.717, 1.165) is 47.9 Å². The molecule has 0 saturated carbocycles. The van der Waals surface area contributed by atoms with Crippen LogP contribution in [-0.2, 0) is 4.74 Å². The first-order valence-corrected chi connectivity index (χ1v) is 8.86. The van der Waals surface area contributed by atoms with E-state index in [2.05, 4.69) is 44.9 Å². The van der Waals surface area contributed by atoms with Crippen molar-refractivity contribution in [2.45, 2.75) is 25.9 Å². The van der Waals surface area contributed by atoms with E-state index in [1.54, 1.807) is 11.3 Å². The lowest BCUT2D eigenvalue weighted by Gasteiger charge is -2.13. The van der Waals surface area contributed by atoms with Crippen LogP contribution in [0.15, 0.2) is 35.7 Å². The minimum absolute atomic E-state index is 0.291. The number of ether oxygens (including phenoxy) is 1. The molecule has 3 aromatic rings. The Bertz CT molecular complexity index is 810. The normalized spacial score (nSPS) is 17.7. The largest absolute Gasteiger partial charge is 0.376 e. The molecule has 1 atom stereocenters. The standard InChI is InChI=1S/C18H19N3OS/c1-12-20-17(19-10-14-8-5-9-22-14)16-15(11-23-18(16)21-12)13-6-3-2-4-7-13/h2-4,6-7,11,14H,5,8-10H2,1H3,(H,19,20,21). The van der Waals surface area contributed by atoms with Crippen LogP contribution >= 0.6 is 11.3 Å². The summed E-state index contributed by atoms with van der Waals surface area (Å²) in [5.41, 5.74) is 2.40. The first-order chi connectivity index (χ1) is 11.3. The zero-order valence-electron chi connectivity index (χ0n) is 13.1. The van der Waals surface area contributed by atoms with Gasteiger partial charge >= 0.3 is 0 Å². The molecule has 23 heavy (non-hydrogen) atoms. The van der Waals surface area contributed by atoms with Gasteiger partial charge in [-0.2, -0.15) is 0 Å². The van der Waals surface area contributed by atoms with Crippen molar-refractivity contribution in [2.24, 2.45) is 0 Å². The van der Waals surface area contributed by atoms with Crippen LogP contribution in [0.3, 0.4) is 0 Å². The van der Waals surface area contributed by atoms with Gasteiger partial charge in [-0.1, -0.05) is 30.3 Å². The Morgan fingerprint density at radius 1 is 1.26 bits per heavy atom.